The fraction of sp³-hybridized carbons (Fsp3) is 0.667. The summed E-state index contributed by atoms with van der Waals surface area (Å²) in [6, 6.07) is 5.73. The normalized spacial score (nSPS) is 31.6. The van der Waals surface area contributed by atoms with Crippen LogP contribution in [-0.2, 0) is 0 Å². The second kappa shape index (κ2) is 5.88. The standard InChI is InChI=1S/C18H26O3/c1-3-4-13-7-9-18(10-8-13)12-16(19)15-6-5-14(20-2)11-17(15)21-18/h5-6,11,13,16,19H,3-4,7-10,12H2,1-2H3/t13?,16-,18?/m1/s1. The molecule has 1 aromatic rings. The molecule has 0 bridgehead atoms. The minimum absolute atomic E-state index is 0.164. The van der Waals surface area contributed by atoms with Gasteiger partial charge in [-0.1, -0.05) is 19.8 Å². The molecule has 3 heteroatoms. The lowest BCUT2D eigenvalue weighted by Gasteiger charge is -2.45. The second-order valence-electron chi connectivity index (χ2n) is 6.64. The van der Waals surface area contributed by atoms with Gasteiger partial charge in [-0.3, -0.25) is 0 Å². The van der Waals surface area contributed by atoms with E-state index in [1.807, 2.05) is 18.2 Å². The summed E-state index contributed by atoms with van der Waals surface area (Å²) >= 11 is 0. The van der Waals surface area contributed by atoms with Crippen molar-refractivity contribution in [2.24, 2.45) is 5.92 Å². The van der Waals surface area contributed by atoms with Gasteiger partial charge < -0.3 is 14.6 Å². The van der Waals surface area contributed by atoms with E-state index < -0.39 is 6.10 Å². The van der Waals surface area contributed by atoms with Crippen molar-refractivity contribution < 1.29 is 14.6 Å². The summed E-state index contributed by atoms with van der Waals surface area (Å²) in [4.78, 5) is 0. The average Bonchev–Trinajstić information content (AvgIpc) is 2.49. The minimum Gasteiger partial charge on any atom is -0.497 e. The number of methoxy groups -OCH3 is 1. The molecule has 0 saturated heterocycles. The van der Waals surface area contributed by atoms with Crippen LogP contribution in [0.2, 0.25) is 0 Å². The van der Waals surface area contributed by atoms with Crippen molar-refractivity contribution in [3.63, 3.8) is 0 Å². The monoisotopic (exact) mass is 290 g/mol. The molecule has 0 radical (unpaired) electrons. The second-order valence-corrected chi connectivity index (χ2v) is 6.64. The van der Waals surface area contributed by atoms with E-state index in [9.17, 15) is 5.11 Å². The Hall–Kier alpha value is -1.22. The first kappa shape index (κ1) is 14.7. The van der Waals surface area contributed by atoms with E-state index in [0.717, 1.165) is 42.2 Å². The van der Waals surface area contributed by atoms with Gasteiger partial charge >= 0.3 is 0 Å². The molecule has 1 heterocycles. The van der Waals surface area contributed by atoms with Gasteiger partial charge in [0.1, 0.15) is 17.1 Å². The quantitative estimate of drug-likeness (QED) is 0.905. The highest BCUT2D eigenvalue weighted by molar-refractivity contribution is 5.44. The topological polar surface area (TPSA) is 38.7 Å². The number of rotatable bonds is 3. The Morgan fingerprint density at radius 2 is 2.10 bits per heavy atom. The van der Waals surface area contributed by atoms with Crippen LogP contribution in [0.15, 0.2) is 18.2 Å². The van der Waals surface area contributed by atoms with Crippen molar-refractivity contribution in [1.29, 1.82) is 0 Å². The summed E-state index contributed by atoms with van der Waals surface area (Å²) in [7, 11) is 1.66. The number of hydrogen-bond acceptors (Lipinski definition) is 3. The van der Waals surface area contributed by atoms with E-state index in [-0.39, 0.29) is 5.60 Å². The van der Waals surface area contributed by atoms with Gasteiger partial charge in [0.05, 0.1) is 13.2 Å². The highest BCUT2D eigenvalue weighted by Crippen LogP contribution is 2.48. The molecule has 116 valence electrons. The lowest BCUT2D eigenvalue weighted by molar-refractivity contribution is -0.0475. The van der Waals surface area contributed by atoms with E-state index in [2.05, 4.69) is 6.92 Å². The first-order chi connectivity index (χ1) is 10.2. The van der Waals surface area contributed by atoms with Gasteiger partial charge in [-0.05, 0) is 43.7 Å². The number of benzene rings is 1. The third-order valence-corrected chi connectivity index (χ3v) is 5.18. The highest BCUT2D eigenvalue weighted by Gasteiger charge is 2.43. The summed E-state index contributed by atoms with van der Waals surface area (Å²) in [6.45, 7) is 2.26. The molecule has 2 aliphatic rings. The maximum Gasteiger partial charge on any atom is 0.129 e. The van der Waals surface area contributed by atoms with Gasteiger partial charge in [-0.25, -0.2) is 0 Å². The third-order valence-electron chi connectivity index (χ3n) is 5.18. The molecule has 1 spiro atoms. The van der Waals surface area contributed by atoms with Gasteiger partial charge in [0.25, 0.3) is 0 Å². The molecule has 0 unspecified atom stereocenters. The first-order valence-electron chi connectivity index (χ1n) is 8.21. The fourth-order valence-electron chi connectivity index (χ4n) is 3.95. The van der Waals surface area contributed by atoms with Gasteiger partial charge in [-0.2, -0.15) is 0 Å². The van der Waals surface area contributed by atoms with Crippen LogP contribution in [0.4, 0.5) is 0 Å². The molecule has 1 aliphatic heterocycles. The van der Waals surface area contributed by atoms with E-state index in [0.29, 0.717) is 0 Å². The minimum atomic E-state index is -0.414. The van der Waals surface area contributed by atoms with E-state index >= 15 is 0 Å². The predicted octanol–water partition coefficient (Wildman–Crippen LogP) is 4.24. The largest absolute Gasteiger partial charge is 0.497 e. The summed E-state index contributed by atoms with van der Waals surface area (Å²) in [6.07, 6.45) is 7.47. The lowest BCUT2D eigenvalue weighted by atomic mass is 9.73. The number of aliphatic hydroxyl groups is 1. The molecule has 1 saturated carbocycles. The first-order valence-corrected chi connectivity index (χ1v) is 8.21. The molecule has 0 amide bonds. The molecule has 3 rings (SSSR count). The zero-order valence-electron chi connectivity index (χ0n) is 13.1. The number of hydrogen-bond donors (Lipinski definition) is 1. The molecule has 0 aromatic heterocycles. The summed E-state index contributed by atoms with van der Waals surface area (Å²) in [5, 5.41) is 10.5. The number of aliphatic hydroxyl groups excluding tert-OH is 1. The Morgan fingerprint density at radius 3 is 2.76 bits per heavy atom. The van der Waals surface area contributed by atoms with Crippen molar-refractivity contribution in [2.45, 2.75) is 63.6 Å². The SMILES string of the molecule is CCCC1CCC2(CC1)C[C@@H](O)c1ccc(OC)cc1O2. The van der Waals surface area contributed by atoms with Crippen LogP contribution in [0, 0.1) is 5.92 Å². The van der Waals surface area contributed by atoms with Crippen molar-refractivity contribution >= 4 is 0 Å². The van der Waals surface area contributed by atoms with Gasteiger partial charge in [0, 0.05) is 18.1 Å². The Labute approximate surface area is 127 Å². The fourth-order valence-corrected chi connectivity index (χ4v) is 3.95. The molecular weight excluding hydrogens is 264 g/mol. The predicted molar refractivity (Wildman–Crippen MR) is 82.8 cm³/mol. The molecule has 1 atom stereocenters. The number of fused-ring (bicyclic) bond motifs is 1. The van der Waals surface area contributed by atoms with Gasteiger partial charge in [-0.15, -0.1) is 0 Å². The van der Waals surface area contributed by atoms with Crippen LogP contribution in [0.5, 0.6) is 11.5 Å². The summed E-state index contributed by atoms with van der Waals surface area (Å²) < 4.78 is 11.6. The molecular formula is C18H26O3. The lowest BCUT2D eigenvalue weighted by Crippen LogP contribution is -2.44. The zero-order valence-corrected chi connectivity index (χ0v) is 13.1. The maximum absolute atomic E-state index is 10.5. The maximum atomic E-state index is 10.5. The van der Waals surface area contributed by atoms with Crippen molar-refractivity contribution in [2.75, 3.05) is 7.11 Å². The summed E-state index contributed by atoms with van der Waals surface area (Å²) in [5.41, 5.74) is 0.736. The third kappa shape index (κ3) is 2.89. The van der Waals surface area contributed by atoms with Crippen LogP contribution < -0.4 is 9.47 Å². The smallest absolute Gasteiger partial charge is 0.129 e. The Morgan fingerprint density at radius 1 is 1.33 bits per heavy atom. The van der Waals surface area contributed by atoms with Crippen LogP contribution in [0.25, 0.3) is 0 Å². The molecule has 21 heavy (non-hydrogen) atoms. The molecule has 1 aliphatic carbocycles. The van der Waals surface area contributed by atoms with Crippen molar-refractivity contribution in [1.82, 2.24) is 0 Å². The molecule has 3 nitrogen and oxygen atoms in total. The van der Waals surface area contributed by atoms with Crippen LogP contribution >= 0.6 is 0 Å². The van der Waals surface area contributed by atoms with Crippen LogP contribution in [-0.4, -0.2) is 17.8 Å². The zero-order chi connectivity index (χ0) is 14.9. The van der Waals surface area contributed by atoms with Crippen molar-refractivity contribution in [3.05, 3.63) is 23.8 Å². The molecule has 1 aromatic carbocycles. The Bertz CT molecular complexity index is 489. The van der Waals surface area contributed by atoms with Crippen LogP contribution in [0.1, 0.15) is 63.5 Å². The molecule has 1 N–H and O–H groups in total. The number of ether oxygens (including phenoxy) is 2. The van der Waals surface area contributed by atoms with Crippen LogP contribution in [0.3, 0.4) is 0 Å². The molecule has 1 fully saturated rings. The highest BCUT2D eigenvalue weighted by atomic mass is 16.5. The average molecular weight is 290 g/mol. The Kier molecular flexibility index (Phi) is 4.12. The van der Waals surface area contributed by atoms with E-state index in [1.54, 1.807) is 7.11 Å². The summed E-state index contributed by atoms with van der Waals surface area (Å²) in [5.74, 6) is 2.44. The van der Waals surface area contributed by atoms with E-state index in [4.69, 9.17) is 9.47 Å². The van der Waals surface area contributed by atoms with Crippen molar-refractivity contribution in [3.8, 4) is 11.5 Å². The van der Waals surface area contributed by atoms with E-state index in [1.165, 1.54) is 25.7 Å². The van der Waals surface area contributed by atoms with Gasteiger partial charge in [0.15, 0.2) is 0 Å². The Balaban J connectivity index is 1.78. The van der Waals surface area contributed by atoms with Gasteiger partial charge in [0.2, 0.25) is 0 Å².